The molecule has 0 fully saturated rings. The van der Waals surface area contributed by atoms with Crippen LogP contribution < -0.4 is 14.8 Å². The van der Waals surface area contributed by atoms with Crippen molar-refractivity contribution < 1.29 is 23.8 Å². The third kappa shape index (κ3) is 5.74. The zero-order chi connectivity index (χ0) is 19.8. The van der Waals surface area contributed by atoms with Crippen molar-refractivity contribution >= 4 is 17.6 Å². The molecule has 0 spiro atoms. The molecule has 0 aliphatic carbocycles. The van der Waals surface area contributed by atoms with Gasteiger partial charge in [0.05, 0.1) is 19.9 Å². The van der Waals surface area contributed by atoms with Crippen molar-refractivity contribution in [3.8, 4) is 11.5 Å². The van der Waals surface area contributed by atoms with E-state index in [1.807, 2.05) is 37.3 Å². The Morgan fingerprint density at radius 3 is 2.44 bits per heavy atom. The maximum Gasteiger partial charge on any atom is 0.306 e. The predicted molar refractivity (Wildman–Crippen MR) is 103 cm³/mol. The van der Waals surface area contributed by atoms with Gasteiger partial charge < -0.3 is 19.5 Å². The highest BCUT2D eigenvalue weighted by atomic mass is 16.5. The first-order valence-electron chi connectivity index (χ1n) is 8.71. The Balaban J connectivity index is 1.90. The van der Waals surface area contributed by atoms with Crippen molar-refractivity contribution in [2.24, 2.45) is 0 Å². The summed E-state index contributed by atoms with van der Waals surface area (Å²) in [6, 6.07) is 12.9. The largest absolute Gasteiger partial charge is 0.496 e. The molecule has 1 amide bonds. The van der Waals surface area contributed by atoms with Crippen LogP contribution >= 0.6 is 0 Å². The number of ether oxygens (including phenoxy) is 3. The highest BCUT2D eigenvalue weighted by molar-refractivity contribution is 5.96. The number of carbonyl (C=O) groups is 2. The van der Waals surface area contributed by atoms with Crippen LogP contribution in [0.4, 0.5) is 5.69 Å². The van der Waals surface area contributed by atoms with Gasteiger partial charge in [0.15, 0.2) is 6.10 Å². The quantitative estimate of drug-likeness (QED) is 0.719. The molecule has 2 aromatic carbocycles. The summed E-state index contributed by atoms with van der Waals surface area (Å²) in [7, 11) is 3.12. The van der Waals surface area contributed by atoms with E-state index in [4.69, 9.17) is 14.2 Å². The molecule has 0 radical (unpaired) electrons. The number of benzene rings is 2. The number of hydrogen-bond donors (Lipinski definition) is 1. The number of esters is 1. The SMILES string of the molecule is COc1ccccc1CCC(=O)OC(C)C(=O)Nc1cc(C)ccc1OC. The van der Waals surface area contributed by atoms with E-state index >= 15 is 0 Å². The van der Waals surface area contributed by atoms with Crippen LogP contribution in [-0.2, 0) is 20.7 Å². The Morgan fingerprint density at radius 1 is 1.04 bits per heavy atom. The minimum absolute atomic E-state index is 0.158. The molecule has 0 saturated carbocycles. The van der Waals surface area contributed by atoms with Crippen LogP contribution in [0.3, 0.4) is 0 Å². The normalized spacial score (nSPS) is 11.4. The lowest BCUT2D eigenvalue weighted by Gasteiger charge is -2.16. The average molecular weight is 371 g/mol. The lowest BCUT2D eigenvalue weighted by Crippen LogP contribution is -2.30. The van der Waals surface area contributed by atoms with Crippen LogP contribution in [0, 0.1) is 6.92 Å². The molecule has 0 aliphatic rings. The van der Waals surface area contributed by atoms with E-state index in [0.29, 0.717) is 17.9 Å². The Hall–Kier alpha value is -3.02. The first-order chi connectivity index (χ1) is 12.9. The van der Waals surface area contributed by atoms with E-state index in [9.17, 15) is 9.59 Å². The summed E-state index contributed by atoms with van der Waals surface area (Å²) >= 11 is 0. The van der Waals surface area contributed by atoms with Crippen molar-refractivity contribution in [3.05, 3.63) is 53.6 Å². The summed E-state index contributed by atoms with van der Waals surface area (Å²) in [6.07, 6.45) is -0.283. The first kappa shape index (κ1) is 20.3. The number of amides is 1. The number of para-hydroxylation sites is 1. The molecule has 2 aromatic rings. The second-order valence-corrected chi connectivity index (χ2v) is 6.14. The fourth-order valence-electron chi connectivity index (χ4n) is 2.61. The zero-order valence-corrected chi connectivity index (χ0v) is 16.1. The summed E-state index contributed by atoms with van der Waals surface area (Å²) in [5.41, 5.74) is 2.44. The van der Waals surface area contributed by atoms with E-state index in [-0.39, 0.29) is 6.42 Å². The molecule has 2 rings (SSSR count). The molecule has 0 aliphatic heterocycles. The maximum absolute atomic E-state index is 12.3. The number of rotatable bonds is 8. The number of aryl methyl sites for hydroxylation is 2. The number of nitrogens with one attached hydrogen (secondary N) is 1. The Bertz CT molecular complexity index is 803. The van der Waals surface area contributed by atoms with Crippen LogP contribution in [0.25, 0.3) is 0 Å². The molecule has 1 atom stereocenters. The minimum atomic E-state index is -0.916. The summed E-state index contributed by atoms with van der Waals surface area (Å²) < 4.78 is 15.8. The van der Waals surface area contributed by atoms with Gasteiger partial charge >= 0.3 is 5.97 Å². The van der Waals surface area contributed by atoms with Crippen LogP contribution in [0.15, 0.2) is 42.5 Å². The van der Waals surface area contributed by atoms with E-state index in [1.165, 1.54) is 7.11 Å². The predicted octanol–water partition coefficient (Wildman–Crippen LogP) is 3.52. The van der Waals surface area contributed by atoms with Gasteiger partial charge in [0.1, 0.15) is 11.5 Å². The Kier molecular flexibility index (Phi) is 7.23. The molecule has 1 unspecified atom stereocenters. The number of hydrogen-bond acceptors (Lipinski definition) is 5. The first-order valence-corrected chi connectivity index (χ1v) is 8.71. The van der Waals surface area contributed by atoms with Gasteiger partial charge in [-0.2, -0.15) is 0 Å². The van der Waals surface area contributed by atoms with Gasteiger partial charge in [-0.25, -0.2) is 0 Å². The van der Waals surface area contributed by atoms with Crippen LogP contribution in [0.2, 0.25) is 0 Å². The van der Waals surface area contributed by atoms with Crippen molar-refractivity contribution in [3.63, 3.8) is 0 Å². The molecule has 0 aromatic heterocycles. The molecule has 1 N–H and O–H groups in total. The molecule has 27 heavy (non-hydrogen) atoms. The topological polar surface area (TPSA) is 73.9 Å². The Labute approximate surface area is 159 Å². The smallest absolute Gasteiger partial charge is 0.306 e. The summed E-state index contributed by atoms with van der Waals surface area (Å²) in [4.78, 5) is 24.4. The van der Waals surface area contributed by atoms with Gasteiger partial charge in [-0.05, 0) is 49.6 Å². The van der Waals surface area contributed by atoms with Crippen LogP contribution in [0.1, 0.15) is 24.5 Å². The lowest BCUT2D eigenvalue weighted by molar-refractivity contribution is -0.153. The zero-order valence-electron chi connectivity index (χ0n) is 16.1. The second-order valence-electron chi connectivity index (χ2n) is 6.14. The summed E-state index contributed by atoms with van der Waals surface area (Å²) in [6.45, 7) is 3.45. The Morgan fingerprint density at radius 2 is 1.74 bits per heavy atom. The van der Waals surface area contributed by atoms with Gasteiger partial charge in [-0.3, -0.25) is 9.59 Å². The van der Waals surface area contributed by atoms with Gasteiger partial charge in [0.25, 0.3) is 5.91 Å². The van der Waals surface area contributed by atoms with Gasteiger partial charge in [0, 0.05) is 6.42 Å². The van der Waals surface area contributed by atoms with Gasteiger partial charge in [0.2, 0.25) is 0 Å². The average Bonchev–Trinajstić information content (AvgIpc) is 2.66. The minimum Gasteiger partial charge on any atom is -0.496 e. The molecule has 6 heteroatoms. The van der Waals surface area contributed by atoms with E-state index in [2.05, 4.69) is 5.32 Å². The summed E-state index contributed by atoms with van der Waals surface area (Å²) in [5, 5.41) is 2.74. The highest BCUT2D eigenvalue weighted by Crippen LogP contribution is 2.25. The lowest BCUT2D eigenvalue weighted by atomic mass is 10.1. The molecule has 0 heterocycles. The summed E-state index contributed by atoms with van der Waals surface area (Å²) in [5.74, 6) is 0.413. The highest BCUT2D eigenvalue weighted by Gasteiger charge is 2.19. The fraction of sp³-hybridized carbons (Fsp3) is 0.333. The van der Waals surface area contributed by atoms with E-state index in [0.717, 1.165) is 16.9 Å². The number of methoxy groups -OCH3 is 2. The second kappa shape index (κ2) is 9.62. The molecular formula is C21H25NO5. The van der Waals surface area contributed by atoms with Crippen molar-refractivity contribution in [1.29, 1.82) is 0 Å². The molecule has 144 valence electrons. The fourth-order valence-corrected chi connectivity index (χ4v) is 2.61. The number of carbonyl (C=O) groups excluding carboxylic acids is 2. The third-order valence-electron chi connectivity index (χ3n) is 4.08. The molecule has 0 bridgehead atoms. The van der Waals surface area contributed by atoms with Gasteiger partial charge in [-0.15, -0.1) is 0 Å². The number of anilines is 1. The van der Waals surface area contributed by atoms with Crippen LogP contribution in [-0.4, -0.2) is 32.2 Å². The standard InChI is InChI=1S/C21H25NO5/c1-14-9-11-19(26-4)17(13-14)22-21(24)15(2)27-20(23)12-10-16-7-5-6-8-18(16)25-3/h5-9,11,13,15H,10,12H2,1-4H3,(H,22,24). The molecule has 0 saturated heterocycles. The maximum atomic E-state index is 12.3. The van der Waals surface area contributed by atoms with Gasteiger partial charge in [-0.1, -0.05) is 24.3 Å². The molecular weight excluding hydrogens is 346 g/mol. The monoisotopic (exact) mass is 371 g/mol. The van der Waals surface area contributed by atoms with E-state index < -0.39 is 18.0 Å². The van der Waals surface area contributed by atoms with Crippen LogP contribution in [0.5, 0.6) is 11.5 Å². The van der Waals surface area contributed by atoms with Crippen molar-refractivity contribution in [2.75, 3.05) is 19.5 Å². The van der Waals surface area contributed by atoms with Crippen molar-refractivity contribution in [2.45, 2.75) is 32.8 Å². The third-order valence-corrected chi connectivity index (χ3v) is 4.08. The van der Waals surface area contributed by atoms with E-state index in [1.54, 1.807) is 26.2 Å². The van der Waals surface area contributed by atoms with Crippen molar-refractivity contribution in [1.82, 2.24) is 0 Å². The molecule has 6 nitrogen and oxygen atoms in total.